The van der Waals surface area contributed by atoms with Gasteiger partial charge in [0.2, 0.25) is 0 Å². The molecule has 0 spiro atoms. The lowest BCUT2D eigenvalue weighted by Crippen LogP contribution is -2.46. The summed E-state index contributed by atoms with van der Waals surface area (Å²) in [7, 11) is 0. The maximum absolute atomic E-state index is 13.9. The number of rotatable bonds is 13. The van der Waals surface area contributed by atoms with E-state index >= 15 is 0 Å². The van der Waals surface area contributed by atoms with Crippen LogP contribution in [0, 0.1) is 0 Å². The molecule has 2 aromatic carbocycles. The van der Waals surface area contributed by atoms with E-state index in [-0.39, 0.29) is 4.90 Å². The van der Waals surface area contributed by atoms with Crippen LogP contribution in [0.15, 0.2) is 63.9 Å². The second-order valence-electron chi connectivity index (χ2n) is 6.88. The maximum Gasteiger partial charge on any atom is 0.496 e. The van der Waals surface area contributed by atoms with Crippen molar-refractivity contribution in [2.45, 2.75) is 29.7 Å². The van der Waals surface area contributed by atoms with Gasteiger partial charge in [0.1, 0.15) is 11.3 Å². The maximum atomic E-state index is 13.9. The number of furan rings is 1. The van der Waals surface area contributed by atoms with Crippen molar-refractivity contribution in [3.05, 3.63) is 54.6 Å². The summed E-state index contributed by atoms with van der Waals surface area (Å²) in [5.74, 6) is -1.01. The molecule has 0 aliphatic rings. The number of alkyl halides is 8. The van der Waals surface area contributed by atoms with Crippen molar-refractivity contribution in [2.24, 2.45) is 0 Å². The van der Waals surface area contributed by atoms with Crippen LogP contribution >= 0.6 is 11.8 Å². The molecule has 3 rings (SSSR count). The zero-order valence-corrected chi connectivity index (χ0v) is 18.4. The predicted octanol–water partition coefficient (Wildman–Crippen LogP) is 6.70. The van der Waals surface area contributed by atoms with E-state index in [0.717, 1.165) is 5.56 Å². The summed E-state index contributed by atoms with van der Waals surface area (Å²) >= 11 is 0.313. The molecule has 0 saturated carbocycles. The summed E-state index contributed by atoms with van der Waals surface area (Å²) in [6.07, 6.45) is -21.3. The van der Waals surface area contributed by atoms with E-state index in [9.17, 15) is 39.9 Å². The molecule has 15 heteroatoms. The summed E-state index contributed by atoms with van der Waals surface area (Å²) < 4.78 is 125. The van der Waals surface area contributed by atoms with Crippen LogP contribution in [-0.4, -0.2) is 43.6 Å². The Balaban J connectivity index is 1.61. The van der Waals surface area contributed by atoms with Gasteiger partial charge in [-0.05, 0) is 24.3 Å². The van der Waals surface area contributed by atoms with Crippen molar-refractivity contribution in [1.82, 2.24) is 0 Å². The first-order chi connectivity index (χ1) is 16.7. The van der Waals surface area contributed by atoms with Crippen LogP contribution in [0.5, 0.6) is 0 Å². The van der Waals surface area contributed by atoms with Gasteiger partial charge < -0.3 is 9.15 Å². The first kappa shape index (κ1) is 27.7. The average molecular weight is 546 g/mol. The summed E-state index contributed by atoms with van der Waals surface area (Å²) in [5, 5.41) is 0.624. The first-order valence-electron chi connectivity index (χ1n) is 9.58. The van der Waals surface area contributed by atoms with E-state index in [1.54, 1.807) is 36.4 Å². The lowest BCUT2D eigenvalue weighted by atomic mass is 10.1. The van der Waals surface area contributed by atoms with Crippen molar-refractivity contribution in [3.8, 4) is 11.3 Å². The van der Waals surface area contributed by atoms with Gasteiger partial charge in [-0.1, -0.05) is 30.3 Å². The number of ether oxygens (including phenoxy) is 4. The smallest absolute Gasteiger partial charge is 0.459 e. The van der Waals surface area contributed by atoms with Crippen molar-refractivity contribution >= 4 is 29.2 Å². The third-order valence-corrected chi connectivity index (χ3v) is 5.12. The number of halogens is 8. The molecular weight excluding hydrogens is 532 g/mol. The molecule has 1 aromatic heterocycles. The molecule has 0 fully saturated rings. The lowest BCUT2D eigenvalue weighted by molar-refractivity contribution is -0.572. The highest BCUT2D eigenvalue weighted by molar-refractivity contribution is 7.99. The van der Waals surface area contributed by atoms with Crippen LogP contribution < -0.4 is 0 Å². The minimum atomic E-state index is -5.80. The molecular formula is C21H14F8O6S. The van der Waals surface area contributed by atoms with Gasteiger partial charge in [-0.2, -0.15) is 17.6 Å². The van der Waals surface area contributed by atoms with Gasteiger partial charge in [0, 0.05) is 15.8 Å². The fraction of sp³-hybridized carbons (Fsp3) is 0.286. The molecule has 0 aliphatic carbocycles. The van der Waals surface area contributed by atoms with E-state index in [2.05, 4.69) is 18.9 Å². The van der Waals surface area contributed by atoms with Crippen LogP contribution in [0.25, 0.3) is 22.3 Å². The fourth-order valence-corrected chi connectivity index (χ4v) is 3.48. The molecule has 0 saturated heterocycles. The molecule has 36 heavy (non-hydrogen) atoms. The topological polar surface area (TPSA) is 67.1 Å². The van der Waals surface area contributed by atoms with Crippen molar-refractivity contribution in [1.29, 1.82) is 0 Å². The van der Waals surface area contributed by atoms with Gasteiger partial charge >= 0.3 is 24.8 Å². The predicted molar refractivity (Wildman–Crippen MR) is 107 cm³/mol. The molecule has 0 amide bonds. The second kappa shape index (κ2) is 10.6. The summed E-state index contributed by atoms with van der Waals surface area (Å²) in [6.45, 7) is -2.64. The number of hydrogen-bond donors (Lipinski definition) is 0. The highest BCUT2D eigenvalue weighted by Gasteiger charge is 2.56. The Labute approximate surface area is 201 Å². The first-order valence-corrected chi connectivity index (χ1v) is 10.6. The van der Waals surface area contributed by atoms with Gasteiger partial charge in [-0.15, -0.1) is 29.3 Å². The molecule has 6 nitrogen and oxygen atoms in total. The number of benzene rings is 2. The Bertz CT molecular complexity index is 1170. The Kier molecular flexibility index (Phi) is 8.17. The van der Waals surface area contributed by atoms with Crippen LogP contribution in [0.2, 0.25) is 0 Å². The summed E-state index contributed by atoms with van der Waals surface area (Å²) in [6, 6.07) is 14.9. The quantitative estimate of drug-likeness (QED) is 0.102. The van der Waals surface area contributed by atoms with E-state index in [1.165, 1.54) is 18.2 Å². The lowest BCUT2D eigenvalue weighted by Gasteiger charge is -2.27. The third kappa shape index (κ3) is 8.08. The number of thioether (sulfide) groups is 1. The highest BCUT2D eigenvalue weighted by Crippen LogP contribution is 2.39. The zero-order chi connectivity index (χ0) is 26.6. The van der Waals surface area contributed by atoms with E-state index < -0.39 is 43.6 Å². The van der Waals surface area contributed by atoms with Gasteiger partial charge in [-0.3, -0.25) is 4.79 Å². The van der Waals surface area contributed by atoms with Gasteiger partial charge in [0.15, 0.2) is 6.61 Å². The molecule has 0 unspecified atom stereocenters. The van der Waals surface area contributed by atoms with Crippen molar-refractivity contribution < 1.29 is 63.3 Å². The van der Waals surface area contributed by atoms with Crippen LogP contribution in [0.4, 0.5) is 35.1 Å². The minimum Gasteiger partial charge on any atom is -0.459 e. The Morgan fingerprint density at radius 3 is 2.08 bits per heavy atom. The van der Waals surface area contributed by atoms with E-state index in [1.807, 2.05) is 0 Å². The number of fused-ring (bicyclic) bond motifs is 1. The molecule has 0 bridgehead atoms. The number of carbonyl (C=O) groups is 1. The van der Waals surface area contributed by atoms with Gasteiger partial charge in [0.05, 0.1) is 5.75 Å². The molecule has 3 aromatic rings. The molecule has 0 aliphatic heterocycles. The SMILES string of the molecule is O=COCC(F)(F)OC(F)(F)OC(F)(F)OC(F)(F)CSc1ccc2cc(-c3ccccc3)oc2c1. The number of hydrogen-bond acceptors (Lipinski definition) is 7. The Hall–Kier alpha value is -2.88. The molecule has 0 radical (unpaired) electrons. The molecule has 0 N–H and O–H groups in total. The van der Waals surface area contributed by atoms with Crippen LogP contribution in [0.3, 0.4) is 0 Å². The minimum absolute atomic E-state index is 0.132. The van der Waals surface area contributed by atoms with Crippen LogP contribution in [0.1, 0.15) is 0 Å². The Morgan fingerprint density at radius 1 is 0.806 bits per heavy atom. The second-order valence-corrected chi connectivity index (χ2v) is 7.93. The zero-order valence-electron chi connectivity index (χ0n) is 17.6. The highest BCUT2D eigenvalue weighted by atomic mass is 32.2. The third-order valence-electron chi connectivity index (χ3n) is 4.05. The monoisotopic (exact) mass is 546 g/mol. The largest absolute Gasteiger partial charge is 0.496 e. The van der Waals surface area contributed by atoms with Gasteiger partial charge in [-0.25, -0.2) is 14.2 Å². The molecule has 196 valence electrons. The summed E-state index contributed by atoms with van der Waals surface area (Å²) in [5.41, 5.74) is 1.05. The average Bonchev–Trinajstić information content (AvgIpc) is 3.18. The van der Waals surface area contributed by atoms with Crippen LogP contribution in [-0.2, 0) is 23.7 Å². The van der Waals surface area contributed by atoms with Crippen molar-refractivity contribution in [3.63, 3.8) is 0 Å². The Morgan fingerprint density at radius 2 is 1.44 bits per heavy atom. The molecule has 1 heterocycles. The normalized spacial score (nSPS) is 13.2. The number of carbonyl (C=O) groups excluding carboxylic acids is 1. The fourth-order valence-electron chi connectivity index (χ4n) is 2.73. The van der Waals surface area contributed by atoms with E-state index in [4.69, 9.17) is 4.42 Å². The van der Waals surface area contributed by atoms with Gasteiger partial charge in [0.25, 0.3) is 6.47 Å². The standard InChI is InChI=1S/C21H14F8O6S/c22-18(23,10-31-12-30)33-20(26,27)35-21(28,29)34-19(24,25)11-36-15-7-6-14-8-16(32-17(14)9-15)13-4-2-1-3-5-13/h1-9,12H,10-11H2. The molecule has 0 atom stereocenters. The van der Waals surface area contributed by atoms with Crippen molar-refractivity contribution in [2.75, 3.05) is 12.4 Å². The summed E-state index contributed by atoms with van der Waals surface area (Å²) in [4.78, 5) is 9.96. The van der Waals surface area contributed by atoms with E-state index in [0.29, 0.717) is 28.5 Å².